The van der Waals surface area contributed by atoms with Gasteiger partial charge in [0.25, 0.3) is 0 Å². The molecule has 2 N–H and O–H groups in total. The predicted molar refractivity (Wildman–Crippen MR) is 98.9 cm³/mol. The minimum atomic E-state index is -2.90. The summed E-state index contributed by atoms with van der Waals surface area (Å²) in [4.78, 5) is 4.33. The second kappa shape index (κ2) is 6.85. The third-order valence-corrected chi connectivity index (χ3v) is 7.30. The Morgan fingerprint density at radius 2 is 1.71 bits per heavy atom. The van der Waals surface area contributed by atoms with Crippen LogP contribution >= 0.6 is 0 Å². The van der Waals surface area contributed by atoms with E-state index in [-0.39, 0.29) is 11.8 Å². The number of nitrogens with one attached hydrogen (secondary N) is 2. The van der Waals surface area contributed by atoms with Crippen molar-refractivity contribution in [2.45, 2.75) is 57.9 Å². The van der Waals surface area contributed by atoms with Crippen molar-refractivity contribution in [3.63, 3.8) is 0 Å². The van der Waals surface area contributed by atoms with Crippen LogP contribution in [0.3, 0.4) is 0 Å². The Labute approximate surface area is 147 Å². The van der Waals surface area contributed by atoms with Crippen LogP contribution < -0.4 is 10.6 Å². The fourth-order valence-electron chi connectivity index (χ4n) is 5.67. The van der Waals surface area contributed by atoms with Gasteiger partial charge in [0.1, 0.15) is 9.84 Å². The average molecular weight is 356 g/mol. The molecule has 0 amide bonds. The molecule has 5 nitrogen and oxygen atoms in total. The van der Waals surface area contributed by atoms with E-state index in [9.17, 15) is 8.42 Å². The van der Waals surface area contributed by atoms with Crippen LogP contribution in [0.4, 0.5) is 0 Å². The van der Waals surface area contributed by atoms with Crippen molar-refractivity contribution >= 4 is 15.8 Å². The lowest BCUT2D eigenvalue weighted by atomic mass is 9.49. The minimum Gasteiger partial charge on any atom is -0.356 e. The zero-order chi connectivity index (χ0) is 17.4. The topological polar surface area (TPSA) is 70.6 Å². The van der Waals surface area contributed by atoms with Crippen molar-refractivity contribution in [1.29, 1.82) is 0 Å². The van der Waals surface area contributed by atoms with Crippen molar-refractivity contribution in [3.05, 3.63) is 0 Å². The third kappa shape index (κ3) is 4.44. The van der Waals surface area contributed by atoms with Crippen LogP contribution in [0.15, 0.2) is 4.99 Å². The van der Waals surface area contributed by atoms with E-state index in [0.29, 0.717) is 11.8 Å². The molecule has 6 heteroatoms. The van der Waals surface area contributed by atoms with Crippen molar-refractivity contribution in [1.82, 2.24) is 10.6 Å². The van der Waals surface area contributed by atoms with Crippen molar-refractivity contribution in [3.8, 4) is 0 Å². The monoisotopic (exact) mass is 355 g/mol. The molecule has 138 valence electrons. The molecule has 0 aromatic heterocycles. The smallest absolute Gasteiger partial charge is 0.191 e. The summed E-state index contributed by atoms with van der Waals surface area (Å²) >= 11 is 0. The standard InChI is InChI=1S/C18H33N3O2S/c1-13(4-5-24(3,22)23)21-17(19-2)20-12-18-9-14-6-15(10-18)8-16(7-14)11-18/h13-16H,4-12H2,1-3H3,(H2,19,20,21). The molecule has 4 saturated carbocycles. The van der Waals surface area contributed by atoms with Gasteiger partial charge in [-0.05, 0) is 75.0 Å². The fourth-order valence-corrected chi connectivity index (χ4v) is 6.45. The van der Waals surface area contributed by atoms with Crippen LogP contribution in [0.1, 0.15) is 51.9 Å². The molecule has 1 unspecified atom stereocenters. The molecule has 4 aliphatic carbocycles. The average Bonchev–Trinajstić information content (AvgIpc) is 2.47. The number of aliphatic imine (C=N–C) groups is 1. The van der Waals surface area contributed by atoms with E-state index in [1.807, 2.05) is 6.92 Å². The Hall–Kier alpha value is -0.780. The Morgan fingerprint density at radius 3 is 2.17 bits per heavy atom. The summed E-state index contributed by atoms with van der Waals surface area (Å²) in [5, 5.41) is 6.89. The maximum Gasteiger partial charge on any atom is 0.191 e. The van der Waals surface area contributed by atoms with E-state index in [1.54, 1.807) is 7.05 Å². The van der Waals surface area contributed by atoms with Gasteiger partial charge in [0, 0.05) is 25.9 Å². The maximum absolute atomic E-state index is 11.3. The van der Waals surface area contributed by atoms with Crippen LogP contribution in [-0.4, -0.2) is 46.0 Å². The van der Waals surface area contributed by atoms with E-state index in [1.165, 1.54) is 44.8 Å². The highest BCUT2D eigenvalue weighted by atomic mass is 32.2. The second-order valence-electron chi connectivity index (χ2n) is 8.81. The van der Waals surface area contributed by atoms with E-state index < -0.39 is 9.84 Å². The number of sulfone groups is 1. The van der Waals surface area contributed by atoms with Crippen LogP contribution in [0.25, 0.3) is 0 Å². The zero-order valence-corrected chi connectivity index (χ0v) is 16.2. The Morgan fingerprint density at radius 1 is 1.17 bits per heavy atom. The van der Waals surface area contributed by atoms with Gasteiger partial charge in [-0.1, -0.05) is 0 Å². The normalized spacial score (nSPS) is 36.6. The van der Waals surface area contributed by atoms with Crippen LogP contribution in [-0.2, 0) is 9.84 Å². The van der Waals surface area contributed by atoms with Gasteiger partial charge in [-0.2, -0.15) is 0 Å². The van der Waals surface area contributed by atoms with Crippen molar-refractivity contribution in [2.24, 2.45) is 28.2 Å². The molecule has 1 atom stereocenters. The van der Waals surface area contributed by atoms with Crippen LogP contribution in [0.5, 0.6) is 0 Å². The van der Waals surface area contributed by atoms with Gasteiger partial charge in [-0.25, -0.2) is 8.42 Å². The summed E-state index contributed by atoms with van der Waals surface area (Å²) in [6, 6.07) is 0.0993. The minimum absolute atomic E-state index is 0.0993. The molecular weight excluding hydrogens is 322 g/mol. The number of hydrogen-bond donors (Lipinski definition) is 2. The van der Waals surface area contributed by atoms with Crippen LogP contribution in [0.2, 0.25) is 0 Å². The first-order valence-electron chi connectivity index (χ1n) is 9.42. The third-order valence-electron chi connectivity index (χ3n) is 6.32. The first-order chi connectivity index (χ1) is 11.3. The van der Waals surface area contributed by atoms with Crippen molar-refractivity contribution in [2.75, 3.05) is 25.6 Å². The molecule has 0 aromatic carbocycles. The lowest BCUT2D eigenvalue weighted by Gasteiger charge is -2.57. The molecule has 0 saturated heterocycles. The quantitative estimate of drug-likeness (QED) is 0.566. The van der Waals surface area contributed by atoms with E-state index in [0.717, 1.165) is 30.3 Å². The van der Waals surface area contributed by atoms with Gasteiger partial charge in [-0.3, -0.25) is 4.99 Å². The van der Waals surface area contributed by atoms with Gasteiger partial charge < -0.3 is 10.6 Å². The summed E-state index contributed by atoms with van der Waals surface area (Å²) in [5.41, 5.74) is 0.475. The van der Waals surface area contributed by atoms with E-state index in [2.05, 4.69) is 15.6 Å². The molecule has 4 rings (SSSR count). The molecule has 4 aliphatic rings. The fraction of sp³-hybridized carbons (Fsp3) is 0.944. The van der Waals surface area contributed by atoms with Gasteiger partial charge in [-0.15, -0.1) is 0 Å². The number of rotatable bonds is 6. The Bertz CT molecular complexity index is 550. The largest absolute Gasteiger partial charge is 0.356 e. The first kappa shape index (κ1) is 18.0. The molecule has 0 spiro atoms. The molecule has 24 heavy (non-hydrogen) atoms. The zero-order valence-electron chi connectivity index (χ0n) is 15.3. The maximum atomic E-state index is 11.3. The summed E-state index contributed by atoms with van der Waals surface area (Å²) < 4.78 is 22.6. The molecule has 0 aromatic rings. The van der Waals surface area contributed by atoms with Gasteiger partial charge in [0.15, 0.2) is 5.96 Å². The Kier molecular flexibility index (Phi) is 5.14. The molecule has 0 heterocycles. The van der Waals surface area contributed by atoms with Crippen molar-refractivity contribution < 1.29 is 8.42 Å². The van der Waals surface area contributed by atoms with Gasteiger partial charge in [0.05, 0.1) is 5.75 Å². The lowest BCUT2D eigenvalue weighted by Crippen LogP contribution is -2.53. The molecular formula is C18H33N3O2S. The van der Waals surface area contributed by atoms with E-state index in [4.69, 9.17) is 0 Å². The summed E-state index contributed by atoms with van der Waals surface area (Å²) in [7, 11) is -1.12. The van der Waals surface area contributed by atoms with Gasteiger partial charge in [0.2, 0.25) is 0 Å². The summed E-state index contributed by atoms with van der Waals surface area (Å²) in [6.45, 7) is 3.03. The Balaban J connectivity index is 1.49. The van der Waals surface area contributed by atoms with Gasteiger partial charge >= 0.3 is 0 Å². The predicted octanol–water partition coefficient (Wildman–Crippen LogP) is 2.19. The van der Waals surface area contributed by atoms with Crippen LogP contribution in [0, 0.1) is 23.2 Å². The summed E-state index contributed by atoms with van der Waals surface area (Å²) in [6.07, 6.45) is 10.4. The number of hydrogen-bond acceptors (Lipinski definition) is 3. The number of guanidine groups is 1. The molecule has 4 bridgehead atoms. The summed E-state index contributed by atoms with van der Waals surface area (Å²) in [5.74, 6) is 3.91. The molecule has 4 fully saturated rings. The highest BCUT2D eigenvalue weighted by molar-refractivity contribution is 7.90. The highest BCUT2D eigenvalue weighted by Crippen LogP contribution is 2.59. The highest BCUT2D eigenvalue weighted by Gasteiger charge is 2.50. The first-order valence-corrected chi connectivity index (χ1v) is 11.5. The van der Waals surface area contributed by atoms with E-state index >= 15 is 0 Å². The molecule has 0 radical (unpaired) electrons. The lowest BCUT2D eigenvalue weighted by molar-refractivity contribution is -0.0492. The SMILES string of the molecule is CN=C(NCC12CC3CC(CC(C3)C1)C2)NC(C)CCS(C)(=O)=O. The molecule has 0 aliphatic heterocycles. The second-order valence-corrected chi connectivity index (χ2v) is 11.1. The number of nitrogens with zero attached hydrogens (tertiary/aromatic N) is 1.